The van der Waals surface area contributed by atoms with Crippen LogP contribution < -0.4 is 11.1 Å². The number of likely N-dealkylation sites (tertiary alicyclic amines) is 1. The second-order valence-corrected chi connectivity index (χ2v) is 5.24. The molecule has 0 aromatic heterocycles. The quantitative estimate of drug-likeness (QED) is 0.732. The zero-order chi connectivity index (χ0) is 12.9. The highest BCUT2D eigenvalue weighted by Gasteiger charge is 2.40. The van der Waals surface area contributed by atoms with Gasteiger partial charge in [-0.15, -0.1) is 0 Å². The van der Waals surface area contributed by atoms with Crippen molar-refractivity contribution in [3.05, 3.63) is 0 Å². The molecular weight excluding hydrogens is 214 g/mol. The van der Waals surface area contributed by atoms with Gasteiger partial charge >= 0.3 is 0 Å². The highest BCUT2D eigenvalue weighted by Crippen LogP contribution is 2.23. The number of rotatable bonds is 6. The smallest absolute Gasteiger partial charge is 0.237 e. The maximum Gasteiger partial charge on any atom is 0.237 e. The average molecular weight is 241 g/mol. The molecule has 1 unspecified atom stereocenters. The van der Waals surface area contributed by atoms with Crippen molar-refractivity contribution in [3.63, 3.8) is 0 Å². The average Bonchev–Trinajstić information content (AvgIpc) is 2.31. The lowest BCUT2D eigenvalue weighted by Crippen LogP contribution is -2.62. The van der Waals surface area contributed by atoms with Gasteiger partial charge in [0, 0.05) is 19.1 Å². The minimum absolute atomic E-state index is 0.186. The molecule has 0 spiro atoms. The van der Waals surface area contributed by atoms with Crippen LogP contribution in [-0.4, -0.2) is 42.0 Å². The lowest BCUT2D eigenvalue weighted by atomic mass is 9.85. The van der Waals surface area contributed by atoms with E-state index in [0.29, 0.717) is 6.04 Å². The van der Waals surface area contributed by atoms with Crippen LogP contribution in [0, 0.1) is 0 Å². The van der Waals surface area contributed by atoms with Crippen molar-refractivity contribution in [1.29, 1.82) is 0 Å². The lowest BCUT2D eigenvalue weighted by molar-refractivity contribution is -0.126. The molecule has 0 saturated carbocycles. The standard InChI is InChI=1S/C13H27N3O/c1-4-8-16-9-6-13(7-10-16,12(14)17)15-11(3)5-2/h11,15H,4-10H2,1-3H3,(H2,14,17). The molecule has 0 aliphatic carbocycles. The molecular formula is C13H27N3O. The van der Waals surface area contributed by atoms with Gasteiger partial charge in [0.15, 0.2) is 0 Å². The largest absolute Gasteiger partial charge is 0.368 e. The number of carbonyl (C=O) groups is 1. The van der Waals surface area contributed by atoms with Gasteiger partial charge in [0.25, 0.3) is 0 Å². The Hall–Kier alpha value is -0.610. The van der Waals surface area contributed by atoms with Gasteiger partial charge in [-0.25, -0.2) is 0 Å². The summed E-state index contributed by atoms with van der Waals surface area (Å²) in [6.45, 7) is 9.49. The van der Waals surface area contributed by atoms with E-state index in [1.807, 2.05) is 0 Å². The zero-order valence-corrected chi connectivity index (χ0v) is 11.5. The molecule has 1 saturated heterocycles. The summed E-state index contributed by atoms with van der Waals surface area (Å²) in [4.78, 5) is 14.1. The molecule has 0 aromatic carbocycles. The number of hydrogen-bond donors (Lipinski definition) is 2. The van der Waals surface area contributed by atoms with Gasteiger partial charge in [-0.05, 0) is 39.2 Å². The van der Waals surface area contributed by atoms with Gasteiger partial charge in [0.05, 0.1) is 0 Å². The van der Waals surface area contributed by atoms with Crippen molar-refractivity contribution in [3.8, 4) is 0 Å². The monoisotopic (exact) mass is 241 g/mol. The minimum Gasteiger partial charge on any atom is -0.368 e. The first-order valence-electron chi connectivity index (χ1n) is 6.84. The fourth-order valence-electron chi connectivity index (χ4n) is 2.51. The zero-order valence-electron chi connectivity index (χ0n) is 11.5. The number of hydrogen-bond acceptors (Lipinski definition) is 3. The van der Waals surface area contributed by atoms with E-state index in [-0.39, 0.29) is 5.91 Å². The van der Waals surface area contributed by atoms with E-state index in [1.54, 1.807) is 0 Å². The number of nitrogens with one attached hydrogen (secondary N) is 1. The molecule has 4 heteroatoms. The van der Waals surface area contributed by atoms with E-state index in [4.69, 9.17) is 5.73 Å². The minimum atomic E-state index is -0.473. The topological polar surface area (TPSA) is 58.4 Å². The van der Waals surface area contributed by atoms with Crippen LogP contribution in [0.1, 0.15) is 46.5 Å². The highest BCUT2D eigenvalue weighted by molar-refractivity contribution is 5.84. The maximum absolute atomic E-state index is 11.7. The second-order valence-electron chi connectivity index (χ2n) is 5.24. The molecule has 100 valence electrons. The summed E-state index contributed by atoms with van der Waals surface area (Å²) in [6.07, 6.45) is 3.87. The summed E-state index contributed by atoms with van der Waals surface area (Å²) in [6, 6.07) is 0.347. The summed E-state index contributed by atoms with van der Waals surface area (Å²) in [5.41, 5.74) is 5.13. The fourth-order valence-corrected chi connectivity index (χ4v) is 2.51. The molecule has 1 heterocycles. The predicted octanol–water partition coefficient (Wildman–Crippen LogP) is 1.10. The molecule has 17 heavy (non-hydrogen) atoms. The van der Waals surface area contributed by atoms with Gasteiger partial charge in [-0.3, -0.25) is 4.79 Å². The highest BCUT2D eigenvalue weighted by atomic mass is 16.1. The Balaban J connectivity index is 2.60. The Kier molecular flexibility index (Phi) is 5.40. The number of nitrogens with zero attached hydrogens (tertiary/aromatic N) is 1. The van der Waals surface area contributed by atoms with Gasteiger partial charge in [-0.1, -0.05) is 13.8 Å². The van der Waals surface area contributed by atoms with Crippen LogP contribution in [0.5, 0.6) is 0 Å². The van der Waals surface area contributed by atoms with E-state index in [0.717, 1.165) is 38.9 Å². The van der Waals surface area contributed by atoms with Crippen LogP contribution in [0.4, 0.5) is 0 Å². The summed E-state index contributed by atoms with van der Waals surface area (Å²) < 4.78 is 0. The normalized spacial score (nSPS) is 22.3. The van der Waals surface area contributed by atoms with Gasteiger partial charge in [-0.2, -0.15) is 0 Å². The summed E-state index contributed by atoms with van der Waals surface area (Å²) >= 11 is 0. The van der Waals surface area contributed by atoms with E-state index in [2.05, 4.69) is 31.0 Å². The predicted molar refractivity (Wildman–Crippen MR) is 70.8 cm³/mol. The first-order valence-corrected chi connectivity index (χ1v) is 6.84. The summed E-state index contributed by atoms with van der Waals surface area (Å²) in [5, 5.41) is 3.44. The number of nitrogens with two attached hydrogens (primary N) is 1. The second kappa shape index (κ2) is 6.36. The van der Waals surface area contributed by atoms with E-state index >= 15 is 0 Å². The maximum atomic E-state index is 11.7. The molecule has 1 rings (SSSR count). The Morgan fingerprint density at radius 3 is 2.41 bits per heavy atom. The molecule has 1 atom stereocenters. The number of primary amides is 1. The third-order valence-electron chi connectivity index (χ3n) is 3.86. The van der Waals surface area contributed by atoms with Crippen molar-refractivity contribution >= 4 is 5.91 Å². The molecule has 4 nitrogen and oxygen atoms in total. The molecule has 1 aliphatic heterocycles. The number of amides is 1. The molecule has 1 fully saturated rings. The Bertz CT molecular complexity index is 247. The molecule has 0 aromatic rings. The Morgan fingerprint density at radius 1 is 1.41 bits per heavy atom. The first kappa shape index (κ1) is 14.5. The van der Waals surface area contributed by atoms with Crippen molar-refractivity contribution in [1.82, 2.24) is 10.2 Å². The molecule has 1 aliphatic rings. The van der Waals surface area contributed by atoms with Crippen LogP contribution in [0.25, 0.3) is 0 Å². The van der Waals surface area contributed by atoms with Gasteiger partial charge in [0.2, 0.25) is 5.91 Å². The van der Waals surface area contributed by atoms with Gasteiger partial charge in [0.1, 0.15) is 5.54 Å². The van der Waals surface area contributed by atoms with Crippen LogP contribution >= 0.6 is 0 Å². The molecule has 1 amide bonds. The molecule has 0 radical (unpaired) electrons. The van der Waals surface area contributed by atoms with Crippen LogP contribution in [0.15, 0.2) is 0 Å². The number of carbonyl (C=O) groups excluding carboxylic acids is 1. The Morgan fingerprint density at radius 2 is 2.00 bits per heavy atom. The SMILES string of the molecule is CCCN1CCC(NC(C)CC)(C(N)=O)CC1. The van der Waals surface area contributed by atoms with Crippen molar-refractivity contribution in [2.75, 3.05) is 19.6 Å². The fraction of sp³-hybridized carbons (Fsp3) is 0.923. The first-order chi connectivity index (χ1) is 8.04. The summed E-state index contributed by atoms with van der Waals surface area (Å²) in [7, 11) is 0. The lowest BCUT2D eigenvalue weighted by Gasteiger charge is -2.41. The third kappa shape index (κ3) is 3.68. The third-order valence-corrected chi connectivity index (χ3v) is 3.86. The van der Waals surface area contributed by atoms with E-state index < -0.39 is 5.54 Å². The van der Waals surface area contributed by atoms with Crippen LogP contribution in [-0.2, 0) is 4.79 Å². The van der Waals surface area contributed by atoms with E-state index in [9.17, 15) is 4.79 Å². The van der Waals surface area contributed by atoms with Crippen LogP contribution in [0.2, 0.25) is 0 Å². The Labute approximate surface area is 105 Å². The van der Waals surface area contributed by atoms with Gasteiger partial charge < -0.3 is 16.0 Å². The van der Waals surface area contributed by atoms with Crippen molar-refractivity contribution < 1.29 is 4.79 Å². The molecule has 0 bridgehead atoms. The van der Waals surface area contributed by atoms with Crippen molar-refractivity contribution in [2.24, 2.45) is 5.73 Å². The molecule has 3 N–H and O–H groups in total. The van der Waals surface area contributed by atoms with Crippen LogP contribution in [0.3, 0.4) is 0 Å². The number of piperidine rings is 1. The summed E-state index contributed by atoms with van der Waals surface area (Å²) in [5.74, 6) is -0.186. The van der Waals surface area contributed by atoms with Crippen molar-refractivity contribution in [2.45, 2.75) is 58.0 Å². The van der Waals surface area contributed by atoms with E-state index in [1.165, 1.54) is 6.42 Å².